The lowest BCUT2D eigenvalue weighted by Gasteiger charge is -2.26. The van der Waals surface area contributed by atoms with Crippen LogP contribution in [0.4, 0.5) is 4.39 Å². The maximum Gasteiger partial charge on any atom is 0.193 e. The molecule has 0 amide bonds. The monoisotopic (exact) mass is 318 g/mol. The summed E-state index contributed by atoms with van der Waals surface area (Å²) in [5.74, 6) is -0.222. The van der Waals surface area contributed by atoms with Crippen LogP contribution in [0.5, 0.6) is 0 Å². The minimum atomic E-state index is -0.262. The Morgan fingerprint density at radius 2 is 1.17 bits per heavy atom. The Morgan fingerprint density at radius 1 is 0.708 bits per heavy atom. The van der Waals surface area contributed by atoms with E-state index in [1.165, 1.54) is 12.1 Å². The minimum absolute atomic E-state index is 0.0155. The lowest BCUT2D eigenvalue weighted by molar-refractivity contribution is 0.103. The molecule has 3 rings (SSSR count). The van der Waals surface area contributed by atoms with Gasteiger partial charge >= 0.3 is 0 Å². The van der Waals surface area contributed by atoms with Gasteiger partial charge in [0.05, 0.1) is 0 Å². The quantitative estimate of drug-likeness (QED) is 0.590. The van der Waals surface area contributed by atoms with Gasteiger partial charge in [-0.25, -0.2) is 4.39 Å². The van der Waals surface area contributed by atoms with Crippen LogP contribution in [-0.2, 0) is 5.41 Å². The summed E-state index contributed by atoms with van der Waals surface area (Å²) >= 11 is 0. The van der Waals surface area contributed by atoms with E-state index < -0.39 is 0 Å². The van der Waals surface area contributed by atoms with E-state index in [0.717, 1.165) is 11.1 Å². The first kappa shape index (κ1) is 16.1. The van der Waals surface area contributed by atoms with Gasteiger partial charge in [-0.1, -0.05) is 80.6 Å². The van der Waals surface area contributed by atoms with Gasteiger partial charge in [-0.05, 0) is 23.3 Å². The third kappa shape index (κ3) is 3.13. The van der Waals surface area contributed by atoms with Crippen LogP contribution in [0.15, 0.2) is 78.9 Å². The average molecular weight is 318 g/mol. The van der Waals surface area contributed by atoms with Crippen LogP contribution in [0.2, 0.25) is 0 Å². The van der Waals surface area contributed by atoms with Crippen molar-refractivity contribution in [3.63, 3.8) is 0 Å². The number of benzene rings is 3. The maximum atomic E-state index is 13.1. The molecule has 0 saturated heterocycles. The molecule has 0 aliphatic carbocycles. The van der Waals surface area contributed by atoms with E-state index in [4.69, 9.17) is 0 Å². The first-order valence-electron chi connectivity index (χ1n) is 7.95. The number of carbonyl (C=O) groups is 1. The molecule has 0 radical (unpaired) electrons. The van der Waals surface area contributed by atoms with E-state index in [1.54, 1.807) is 12.1 Å². The van der Waals surface area contributed by atoms with Gasteiger partial charge in [-0.2, -0.15) is 0 Å². The van der Waals surface area contributed by atoms with E-state index in [9.17, 15) is 9.18 Å². The molecule has 0 fully saturated rings. The van der Waals surface area contributed by atoms with E-state index in [-0.39, 0.29) is 17.0 Å². The van der Waals surface area contributed by atoms with Gasteiger partial charge in [0.1, 0.15) is 5.82 Å². The van der Waals surface area contributed by atoms with E-state index in [1.807, 2.05) is 54.6 Å². The lowest BCUT2D eigenvalue weighted by Crippen LogP contribution is -2.19. The van der Waals surface area contributed by atoms with Gasteiger partial charge in [0.25, 0.3) is 0 Å². The Bertz CT molecular complexity index is 831. The fourth-order valence-electron chi connectivity index (χ4n) is 2.83. The predicted octanol–water partition coefficient (Wildman–Crippen LogP) is 5.38. The van der Waals surface area contributed by atoms with Gasteiger partial charge in [-0.3, -0.25) is 4.79 Å². The summed E-state index contributed by atoms with van der Waals surface area (Å²) in [5, 5.41) is 0. The summed E-state index contributed by atoms with van der Waals surface area (Å²) in [6.45, 7) is 4.18. The van der Waals surface area contributed by atoms with Gasteiger partial charge in [0, 0.05) is 16.5 Å². The van der Waals surface area contributed by atoms with E-state index in [0.29, 0.717) is 11.1 Å². The molecule has 0 aliphatic heterocycles. The predicted molar refractivity (Wildman–Crippen MR) is 94.8 cm³/mol. The second kappa shape index (κ2) is 6.40. The molecular formula is C22H19FO. The van der Waals surface area contributed by atoms with Crippen molar-refractivity contribution in [1.82, 2.24) is 0 Å². The third-order valence-corrected chi connectivity index (χ3v) is 4.47. The summed E-state index contributed by atoms with van der Waals surface area (Å²) in [4.78, 5) is 12.5. The third-order valence-electron chi connectivity index (χ3n) is 4.47. The molecule has 0 aliphatic rings. The van der Waals surface area contributed by atoms with Crippen LogP contribution in [0.3, 0.4) is 0 Å². The molecule has 24 heavy (non-hydrogen) atoms. The molecular weight excluding hydrogens is 299 g/mol. The van der Waals surface area contributed by atoms with E-state index >= 15 is 0 Å². The zero-order valence-electron chi connectivity index (χ0n) is 13.8. The number of rotatable bonds is 4. The Balaban J connectivity index is 1.89. The van der Waals surface area contributed by atoms with Gasteiger partial charge in [0.2, 0.25) is 0 Å². The Hall–Kier alpha value is -2.74. The molecule has 0 spiro atoms. The zero-order valence-corrected chi connectivity index (χ0v) is 13.8. The van der Waals surface area contributed by atoms with Crippen molar-refractivity contribution in [3.05, 3.63) is 107 Å². The number of hydrogen-bond acceptors (Lipinski definition) is 1. The molecule has 0 N–H and O–H groups in total. The highest BCUT2D eigenvalue weighted by atomic mass is 19.1. The number of hydrogen-bond donors (Lipinski definition) is 0. The second-order valence-electron chi connectivity index (χ2n) is 6.40. The van der Waals surface area contributed by atoms with Crippen molar-refractivity contribution in [2.45, 2.75) is 19.3 Å². The van der Waals surface area contributed by atoms with Crippen LogP contribution in [0.25, 0.3) is 0 Å². The smallest absolute Gasteiger partial charge is 0.193 e. The van der Waals surface area contributed by atoms with Crippen molar-refractivity contribution in [3.8, 4) is 0 Å². The normalized spacial score (nSPS) is 11.3. The van der Waals surface area contributed by atoms with Crippen molar-refractivity contribution in [2.24, 2.45) is 0 Å². The summed E-state index contributed by atoms with van der Waals surface area (Å²) < 4.78 is 13.1. The van der Waals surface area contributed by atoms with Crippen molar-refractivity contribution >= 4 is 5.78 Å². The molecule has 0 saturated carbocycles. The molecule has 0 aromatic heterocycles. The molecule has 120 valence electrons. The molecule has 3 aromatic carbocycles. The van der Waals surface area contributed by atoms with Crippen molar-refractivity contribution in [1.29, 1.82) is 0 Å². The Kier molecular flexibility index (Phi) is 4.30. The van der Waals surface area contributed by atoms with Crippen molar-refractivity contribution < 1.29 is 9.18 Å². The highest BCUT2D eigenvalue weighted by Crippen LogP contribution is 2.31. The number of carbonyl (C=O) groups excluding carboxylic acids is 1. The average Bonchev–Trinajstić information content (AvgIpc) is 2.62. The van der Waals surface area contributed by atoms with E-state index in [2.05, 4.69) is 13.8 Å². The molecule has 0 bridgehead atoms. The second-order valence-corrected chi connectivity index (χ2v) is 6.40. The molecule has 3 aromatic rings. The maximum absolute atomic E-state index is 13.1. The number of halogens is 1. The van der Waals surface area contributed by atoms with Crippen LogP contribution in [-0.4, -0.2) is 5.78 Å². The van der Waals surface area contributed by atoms with Crippen LogP contribution in [0.1, 0.15) is 40.9 Å². The molecule has 0 heterocycles. The Morgan fingerprint density at radius 3 is 1.71 bits per heavy atom. The van der Waals surface area contributed by atoms with Crippen LogP contribution < -0.4 is 0 Å². The lowest BCUT2D eigenvalue weighted by atomic mass is 9.78. The first-order chi connectivity index (χ1) is 11.5. The Labute approximate surface area is 141 Å². The van der Waals surface area contributed by atoms with Crippen molar-refractivity contribution in [2.75, 3.05) is 0 Å². The molecule has 1 nitrogen and oxygen atoms in total. The van der Waals surface area contributed by atoms with Gasteiger partial charge in [0.15, 0.2) is 5.78 Å². The molecule has 2 heteroatoms. The first-order valence-corrected chi connectivity index (χ1v) is 7.95. The summed E-state index contributed by atoms with van der Waals surface area (Å²) in [5.41, 5.74) is 3.20. The summed E-state index contributed by atoms with van der Waals surface area (Å²) in [6.07, 6.45) is 0. The highest BCUT2D eigenvalue weighted by molar-refractivity contribution is 6.08. The summed E-state index contributed by atoms with van der Waals surface area (Å²) in [7, 11) is 0. The zero-order chi connectivity index (χ0) is 17.2. The largest absolute Gasteiger partial charge is 0.289 e. The molecule has 0 unspecified atom stereocenters. The van der Waals surface area contributed by atoms with Gasteiger partial charge in [-0.15, -0.1) is 0 Å². The van der Waals surface area contributed by atoms with Crippen LogP contribution >= 0.6 is 0 Å². The molecule has 0 atom stereocenters. The van der Waals surface area contributed by atoms with Gasteiger partial charge < -0.3 is 0 Å². The SMILES string of the molecule is CC(C)(c1ccc(F)cc1)c1ccc(C(=O)c2ccccc2)cc1. The van der Waals surface area contributed by atoms with Crippen LogP contribution in [0, 0.1) is 5.82 Å². The highest BCUT2D eigenvalue weighted by Gasteiger charge is 2.23. The minimum Gasteiger partial charge on any atom is -0.289 e. The topological polar surface area (TPSA) is 17.1 Å². The number of ketones is 1. The standard InChI is InChI=1S/C22H19FO/c1-22(2,19-12-14-20(23)15-13-19)18-10-8-17(9-11-18)21(24)16-6-4-3-5-7-16/h3-15H,1-2H3. The summed E-state index contributed by atoms with van der Waals surface area (Å²) in [6, 6.07) is 23.5. The fourth-order valence-corrected chi connectivity index (χ4v) is 2.83. The fraction of sp³-hybridized carbons (Fsp3) is 0.136.